The van der Waals surface area contributed by atoms with Crippen molar-refractivity contribution in [3.05, 3.63) is 72.7 Å². The van der Waals surface area contributed by atoms with E-state index in [1.165, 1.54) is 24.5 Å². The third kappa shape index (κ3) is 3.35. The molecule has 0 saturated heterocycles. The van der Waals surface area contributed by atoms with E-state index in [1.54, 1.807) is 36.5 Å². The zero-order valence-electron chi connectivity index (χ0n) is 14.4. The maximum atomic E-state index is 14.0. The lowest BCUT2D eigenvalue weighted by Gasteiger charge is -2.11. The molecule has 0 aliphatic carbocycles. The van der Waals surface area contributed by atoms with Crippen molar-refractivity contribution >= 4 is 34.5 Å². The number of nitrogens with zero attached hydrogens (tertiary/aromatic N) is 3. The Morgan fingerprint density at radius 1 is 0.929 bits per heavy atom. The Morgan fingerprint density at radius 2 is 1.79 bits per heavy atom. The molecule has 2 aromatic heterocycles. The van der Waals surface area contributed by atoms with Crippen LogP contribution in [0.4, 0.5) is 26.0 Å². The Balaban J connectivity index is 1.74. The average molecular weight is 377 g/mol. The van der Waals surface area contributed by atoms with Crippen molar-refractivity contribution in [3.8, 4) is 11.3 Å². The first-order chi connectivity index (χ1) is 13.7. The van der Waals surface area contributed by atoms with Gasteiger partial charge in [-0.15, -0.1) is 0 Å². The molecule has 2 N–H and O–H groups in total. The van der Waals surface area contributed by atoms with Crippen LogP contribution in [0.5, 0.6) is 0 Å². The Labute approximate surface area is 158 Å². The summed E-state index contributed by atoms with van der Waals surface area (Å²) in [4.78, 5) is 23.1. The van der Waals surface area contributed by atoms with Crippen molar-refractivity contribution in [2.75, 3.05) is 10.6 Å². The summed E-state index contributed by atoms with van der Waals surface area (Å²) in [5, 5.41) is 5.93. The topological polar surface area (TPSA) is 79.8 Å². The number of benzene rings is 2. The van der Waals surface area contributed by atoms with E-state index < -0.39 is 5.82 Å². The van der Waals surface area contributed by atoms with E-state index in [4.69, 9.17) is 0 Å². The number of pyridine rings is 1. The van der Waals surface area contributed by atoms with Crippen LogP contribution in [0, 0.1) is 11.6 Å². The van der Waals surface area contributed by atoms with Crippen LogP contribution in [0.25, 0.3) is 22.2 Å². The van der Waals surface area contributed by atoms with Gasteiger partial charge in [-0.3, -0.25) is 9.78 Å². The number of hydrogen-bond acceptors (Lipinski definition) is 5. The fourth-order valence-electron chi connectivity index (χ4n) is 2.81. The highest BCUT2D eigenvalue weighted by molar-refractivity contribution is 5.94. The summed E-state index contributed by atoms with van der Waals surface area (Å²) in [7, 11) is 0. The van der Waals surface area contributed by atoms with Gasteiger partial charge in [0.05, 0.1) is 16.9 Å². The van der Waals surface area contributed by atoms with Crippen LogP contribution in [0.15, 0.2) is 61.1 Å². The molecule has 2 heterocycles. The van der Waals surface area contributed by atoms with Crippen LogP contribution in [-0.4, -0.2) is 21.4 Å². The summed E-state index contributed by atoms with van der Waals surface area (Å²) in [6.07, 6.45) is 3.24. The van der Waals surface area contributed by atoms with Gasteiger partial charge in [0.25, 0.3) is 0 Å². The minimum absolute atomic E-state index is 0.0159. The number of nitrogens with one attached hydrogen (secondary N) is 2. The summed E-state index contributed by atoms with van der Waals surface area (Å²) in [6, 6.07) is 12.4. The number of rotatable bonds is 5. The molecule has 0 unspecified atom stereocenters. The van der Waals surface area contributed by atoms with E-state index in [1.807, 2.05) is 0 Å². The van der Waals surface area contributed by atoms with E-state index >= 15 is 0 Å². The van der Waals surface area contributed by atoms with Crippen LogP contribution in [0.1, 0.15) is 0 Å². The largest absolute Gasteiger partial charge is 0.340 e. The smallest absolute Gasteiger partial charge is 0.211 e. The Hall–Kier alpha value is -3.94. The zero-order valence-corrected chi connectivity index (χ0v) is 14.4. The van der Waals surface area contributed by atoms with Crippen LogP contribution >= 0.6 is 0 Å². The summed E-state index contributed by atoms with van der Waals surface area (Å²) < 4.78 is 28.0. The highest BCUT2D eigenvalue weighted by Crippen LogP contribution is 2.29. The summed E-state index contributed by atoms with van der Waals surface area (Å²) in [6.45, 7) is 0. The first kappa shape index (κ1) is 17.5. The first-order valence-corrected chi connectivity index (χ1v) is 8.28. The second-order valence-electron chi connectivity index (χ2n) is 5.87. The molecule has 2 aromatic carbocycles. The Morgan fingerprint density at radius 3 is 2.61 bits per heavy atom. The molecule has 4 aromatic rings. The predicted octanol–water partition coefficient (Wildman–Crippen LogP) is 4.28. The standard InChI is InChI=1S/C20H13F2N5O/c21-15-4-2-1-3-13(15)17-7-12(5-6-23-17)27-20-14-8-19(26-11-28)16(22)9-18(14)24-10-25-20/h1-11H,(H,26,28)(H,23,24,25,27). The molecule has 0 saturated carbocycles. The fraction of sp³-hybridized carbons (Fsp3) is 0. The van der Waals surface area contributed by atoms with Crippen molar-refractivity contribution in [2.45, 2.75) is 0 Å². The number of amides is 1. The molecular formula is C20H13F2N5O. The molecule has 28 heavy (non-hydrogen) atoms. The first-order valence-electron chi connectivity index (χ1n) is 8.28. The molecule has 4 rings (SSSR count). The highest BCUT2D eigenvalue weighted by Gasteiger charge is 2.11. The Bertz CT molecular complexity index is 1180. The second-order valence-corrected chi connectivity index (χ2v) is 5.87. The molecule has 0 bridgehead atoms. The van der Waals surface area contributed by atoms with Gasteiger partial charge in [-0.2, -0.15) is 0 Å². The zero-order chi connectivity index (χ0) is 19.5. The van der Waals surface area contributed by atoms with Gasteiger partial charge in [0.15, 0.2) is 0 Å². The molecule has 0 aliphatic rings. The summed E-state index contributed by atoms with van der Waals surface area (Å²) >= 11 is 0. The summed E-state index contributed by atoms with van der Waals surface area (Å²) in [5.41, 5.74) is 1.83. The molecule has 1 amide bonds. The lowest BCUT2D eigenvalue weighted by Crippen LogP contribution is -2.01. The van der Waals surface area contributed by atoms with Crippen molar-refractivity contribution in [1.82, 2.24) is 15.0 Å². The lowest BCUT2D eigenvalue weighted by atomic mass is 10.1. The number of carbonyl (C=O) groups excluding carboxylic acids is 1. The van der Waals surface area contributed by atoms with Crippen LogP contribution < -0.4 is 10.6 Å². The van der Waals surface area contributed by atoms with Crippen LogP contribution in [0.2, 0.25) is 0 Å². The molecule has 0 atom stereocenters. The molecule has 0 spiro atoms. The molecule has 0 fully saturated rings. The van der Waals surface area contributed by atoms with Crippen LogP contribution in [-0.2, 0) is 4.79 Å². The number of aromatic nitrogens is 3. The van der Waals surface area contributed by atoms with Crippen LogP contribution in [0.3, 0.4) is 0 Å². The number of halogens is 2. The molecule has 6 nitrogen and oxygen atoms in total. The number of hydrogen-bond donors (Lipinski definition) is 2. The summed E-state index contributed by atoms with van der Waals surface area (Å²) in [5.74, 6) is -0.570. The minimum Gasteiger partial charge on any atom is -0.340 e. The average Bonchev–Trinajstić information content (AvgIpc) is 2.70. The third-order valence-corrected chi connectivity index (χ3v) is 4.11. The molecule has 138 valence electrons. The van der Waals surface area contributed by atoms with Gasteiger partial charge >= 0.3 is 0 Å². The van der Waals surface area contributed by atoms with Gasteiger partial charge < -0.3 is 10.6 Å². The molecule has 0 aliphatic heterocycles. The molecule has 8 heteroatoms. The molecular weight excluding hydrogens is 364 g/mol. The quantitative estimate of drug-likeness (QED) is 0.508. The van der Waals surface area contributed by atoms with Crippen molar-refractivity contribution in [2.24, 2.45) is 0 Å². The van der Waals surface area contributed by atoms with Gasteiger partial charge in [0.2, 0.25) is 6.41 Å². The number of anilines is 3. The van der Waals surface area contributed by atoms with E-state index in [0.29, 0.717) is 40.1 Å². The van der Waals surface area contributed by atoms with E-state index in [2.05, 4.69) is 25.6 Å². The van der Waals surface area contributed by atoms with E-state index in [0.717, 1.165) is 0 Å². The maximum Gasteiger partial charge on any atom is 0.211 e. The lowest BCUT2D eigenvalue weighted by molar-refractivity contribution is -0.105. The van der Waals surface area contributed by atoms with Gasteiger partial charge in [0.1, 0.15) is 23.8 Å². The maximum absolute atomic E-state index is 14.0. The number of fused-ring (bicyclic) bond motifs is 1. The number of carbonyl (C=O) groups is 1. The highest BCUT2D eigenvalue weighted by atomic mass is 19.1. The van der Waals surface area contributed by atoms with Gasteiger partial charge in [-0.05, 0) is 30.3 Å². The molecule has 0 radical (unpaired) electrons. The van der Waals surface area contributed by atoms with E-state index in [-0.39, 0.29) is 11.5 Å². The van der Waals surface area contributed by atoms with Gasteiger partial charge in [0, 0.05) is 28.9 Å². The Kier molecular flexibility index (Phi) is 4.59. The SMILES string of the molecule is O=CNc1cc2c(Nc3ccnc(-c4ccccc4F)c3)ncnc2cc1F. The second kappa shape index (κ2) is 7.36. The fourth-order valence-corrected chi connectivity index (χ4v) is 2.81. The van der Waals surface area contributed by atoms with Gasteiger partial charge in [-0.25, -0.2) is 18.7 Å². The third-order valence-electron chi connectivity index (χ3n) is 4.11. The van der Waals surface area contributed by atoms with Crippen molar-refractivity contribution in [3.63, 3.8) is 0 Å². The monoisotopic (exact) mass is 377 g/mol. The van der Waals surface area contributed by atoms with Crippen molar-refractivity contribution in [1.29, 1.82) is 0 Å². The predicted molar refractivity (Wildman–Crippen MR) is 102 cm³/mol. The normalized spacial score (nSPS) is 10.6. The van der Waals surface area contributed by atoms with Crippen molar-refractivity contribution < 1.29 is 13.6 Å². The van der Waals surface area contributed by atoms with E-state index in [9.17, 15) is 13.6 Å². The minimum atomic E-state index is -0.602. The van der Waals surface area contributed by atoms with Gasteiger partial charge in [-0.1, -0.05) is 12.1 Å².